The highest BCUT2D eigenvalue weighted by molar-refractivity contribution is 5.39. The van der Waals surface area contributed by atoms with Crippen LogP contribution < -0.4 is 14.8 Å². The molecule has 0 saturated carbocycles. The van der Waals surface area contributed by atoms with Gasteiger partial charge in [-0.2, -0.15) is 0 Å². The van der Waals surface area contributed by atoms with Crippen molar-refractivity contribution in [3.63, 3.8) is 0 Å². The van der Waals surface area contributed by atoms with Gasteiger partial charge in [0.25, 0.3) is 6.47 Å². The van der Waals surface area contributed by atoms with Crippen LogP contribution in [-0.4, -0.2) is 31.8 Å². The molecule has 3 rings (SSSR count). The normalized spacial score (nSPS) is 16.2. The van der Waals surface area contributed by atoms with Crippen molar-refractivity contribution >= 4 is 6.47 Å². The molecule has 1 aliphatic rings. The van der Waals surface area contributed by atoms with Crippen LogP contribution in [0.2, 0.25) is 0 Å². The Labute approximate surface area is 174 Å². The molecule has 1 heterocycles. The highest BCUT2D eigenvalue weighted by Gasteiger charge is 2.14. The number of nitrogens with one attached hydrogen (secondary N) is 1. The van der Waals surface area contributed by atoms with E-state index in [0.29, 0.717) is 19.0 Å². The summed E-state index contributed by atoms with van der Waals surface area (Å²) in [5.74, 6) is 2.25. The molecular formula is C24H33NO4. The molecule has 0 amide bonds. The Hall–Kier alpha value is -2.53. The third-order valence-corrected chi connectivity index (χ3v) is 4.36. The summed E-state index contributed by atoms with van der Waals surface area (Å²) in [6.07, 6.45) is 2.47. The summed E-state index contributed by atoms with van der Waals surface area (Å²) in [6.45, 7) is 9.41. The third-order valence-electron chi connectivity index (χ3n) is 4.36. The Balaban J connectivity index is 0.000000370. The molecular weight excluding hydrogens is 366 g/mol. The van der Waals surface area contributed by atoms with E-state index in [1.54, 1.807) is 0 Å². The van der Waals surface area contributed by atoms with Crippen molar-refractivity contribution in [3.05, 3.63) is 60.2 Å². The molecule has 0 aromatic heterocycles. The monoisotopic (exact) mass is 399 g/mol. The number of ether oxygens (including phenoxy) is 3. The number of carbonyl (C=O) groups excluding carboxylic acids is 1. The molecule has 0 spiro atoms. The van der Waals surface area contributed by atoms with Crippen LogP contribution in [0.3, 0.4) is 0 Å². The average molecular weight is 400 g/mol. The lowest BCUT2D eigenvalue weighted by atomic mass is 10.0. The van der Waals surface area contributed by atoms with Crippen molar-refractivity contribution < 1.29 is 19.0 Å². The van der Waals surface area contributed by atoms with Gasteiger partial charge in [-0.25, -0.2) is 0 Å². The second-order valence-corrected chi connectivity index (χ2v) is 8.07. The van der Waals surface area contributed by atoms with Gasteiger partial charge in [0.15, 0.2) is 11.5 Å². The number of hydrogen-bond acceptors (Lipinski definition) is 5. The molecule has 1 aliphatic heterocycles. The maximum Gasteiger partial charge on any atom is 0.293 e. The molecule has 2 aromatic rings. The zero-order chi connectivity index (χ0) is 21.0. The largest absolute Gasteiger partial charge is 0.489 e. The topological polar surface area (TPSA) is 56.8 Å². The lowest BCUT2D eigenvalue weighted by Crippen LogP contribution is -2.33. The van der Waals surface area contributed by atoms with Gasteiger partial charge in [0.05, 0.1) is 6.61 Å². The highest BCUT2D eigenvalue weighted by atomic mass is 16.5. The first kappa shape index (κ1) is 22.8. The maximum atomic E-state index is 9.60. The van der Waals surface area contributed by atoms with Crippen molar-refractivity contribution in [2.45, 2.75) is 45.8 Å². The van der Waals surface area contributed by atoms with Gasteiger partial charge in [0, 0.05) is 12.5 Å². The summed E-state index contributed by atoms with van der Waals surface area (Å²) >= 11 is 0. The Bertz CT molecular complexity index is 706. The summed E-state index contributed by atoms with van der Waals surface area (Å²) < 4.78 is 16.5. The van der Waals surface area contributed by atoms with Crippen molar-refractivity contribution in [1.29, 1.82) is 0 Å². The van der Waals surface area contributed by atoms with Gasteiger partial charge >= 0.3 is 0 Å². The summed E-state index contributed by atoms with van der Waals surface area (Å²) in [4.78, 5) is 9.60. The average Bonchev–Trinajstić information content (AvgIpc) is 2.72. The predicted molar refractivity (Wildman–Crippen MR) is 115 cm³/mol. The van der Waals surface area contributed by atoms with E-state index >= 15 is 0 Å². The standard InChI is InChI=1S/C19H23NO2.C5H10O2/c1-2-7-16(8-3-1)14-21-18-10-4-5-11-19(18)22-15-17-9-6-12-20-13-17;1-5(2,3)7-4-6/h1-5,7-8,10-11,17,20H,6,9,12-15H2;4H,1-3H3. The number of carbonyl (C=O) groups is 1. The van der Waals surface area contributed by atoms with Crippen molar-refractivity contribution in [2.24, 2.45) is 5.92 Å². The fourth-order valence-corrected chi connectivity index (χ4v) is 2.84. The summed E-state index contributed by atoms with van der Waals surface area (Å²) in [5, 5.41) is 3.42. The van der Waals surface area contributed by atoms with Gasteiger partial charge in [0.1, 0.15) is 12.2 Å². The molecule has 29 heavy (non-hydrogen) atoms. The summed E-state index contributed by atoms with van der Waals surface area (Å²) in [5.41, 5.74) is 0.843. The Morgan fingerprint density at radius 3 is 2.21 bits per heavy atom. The molecule has 1 fully saturated rings. The lowest BCUT2D eigenvalue weighted by Gasteiger charge is -2.23. The number of benzene rings is 2. The van der Waals surface area contributed by atoms with Crippen LogP contribution in [0.1, 0.15) is 39.2 Å². The number of para-hydroxylation sites is 2. The first-order valence-corrected chi connectivity index (χ1v) is 10.2. The van der Waals surface area contributed by atoms with Crippen LogP contribution >= 0.6 is 0 Å². The summed E-state index contributed by atoms with van der Waals surface area (Å²) in [7, 11) is 0. The minimum Gasteiger partial charge on any atom is -0.489 e. The van der Waals surface area contributed by atoms with Crippen LogP contribution in [0.15, 0.2) is 54.6 Å². The number of hydrogen-bond donors (Lipinski definition) is 1. The van der Waals surface area contributed by atoms with Gasteiger partial charge in [-0.1, -0.05) is 42.5 Å². The fraction of sp³-hybridized carbons (Fsp3) is 0.458. The van der Waals surface area contributed by atoms with Gasteiger partial charge in [-0.05, 0) is 57.9 Å². The molecule has 0 bridgehead atoms. The van der Waals surface area contributed by atoms with E-state index in [1.807, 2.05) is 63.2 Å². The van der Waals surface area contributed by atoms with Crippen LogP contribution in [0.4, 0.5) is 0 Å². The van der Waals surface area contributed by atoms with Crippen LogP contribution in [-0.2, 0) is 16.1 Å². The third kappa shape index (κ3) is 9.48. The first-order valence-electron chi connectivity index (χ1n) is 10.2. The summed E-state index contributed by atoms with van der Waals surface area (Å²) in [6, 6.07) is 18.1. The minimum atomic E-state index is -0.318. The van der Waals surface area contributed by atoms with Crippen molar-refractivity contribution in [1.82, 2.24) is 5.32 Å². The number of rotatable bonds is 7. The molecule has 5 heteroatoms. The van der Waals surface area contributed by atoms with Gasteiger partial charge < -0.3 is 19.5 Å². The highest BCUT2D eigenvalue weighted by Crippen LogP contribution is 2.28. The Kier molecular flexibility index (Phi) is 9.51. The van der Waals surface area contributed by atoms with E-state index in [9.17, 15) is 4.79 Å². The van der Waals surface area contributed by atoms with Gasteiger partial charge in [0.2, 0.25) is 0 Å². The number of piperidine rings is 1. The maximum absolute atomic E-state index is 9.60. The minimum absolute atomic E-state index is 0.318. The van der Waals surface area contributed by atoms with Crippen LogP contribution in [0.25, 0.3) is 0 Å². The molecule has 158 valence electrons. The second kappa shape index (κ2) is 12.1. The fourth-order valence-electron chi connectivity index (χ4n) is 2.84. The smallest absolute Gasteiger partial charge is 0.293 e. The molecule has 1 N–H and O–H groups in total. The zero-order valence-electron chi connectivity index (χ0n) is 17.7. The quantitative estimate of drug-likeness (QED) is 0.690. The molecule has 0 radical (unpaired) electrons. The lowest BCUT2D eigenvalue weighted by molar-refractivity contribution is -0.138. The van der Waals surface area contributed by atoms with E-state index in [1.165, 1.54) is 12.8 Å². The predicted octanol–water partition coefficient (Wildman–Crippen LogP) is 4.60. The van der Waals surface area contributed by atoms with E-state index in [0.717, 1.165) is 36.8 Å². The second-order valence-electron chi connectivity index (χ2n) is 8.07. The molecule has 0 aliphatic carbocycles. The Morgan fingerprint density at radius 2 is 1.66 bits per heavy atom. The molecule has 2 aromatic carbocycles. The van der Waals surface area contributed by atoms with Gasteiger partial charge in [-0.3, -0.25) is 4.79 Å². The van der Waals surface area contributed by atoms with Crippen molar-refractivity contribution in [2.75, 3.05) is 19.7 Å². The van der Waals surface area contributed by atoms with E-state index < -0.39 is 0 Å². The van der Waals surface area contributed by atoms with E-state index in [4.69, 9.17) is 9.47 Å². The van der Waals surface area contributed by atoms with Crippen LogP contribution in [0, 0.1) is 5.92 Å². The van der Waals surface area contributed by atoms with Crippen LogP contribution in [0.5, 0.6) is 11.5 Å². The molecule has 5 nitrogen and oxygen atoms in total. The molecule has 1 atom stereocenters. The zero-order valence-corrected chi connectivity index (χ0v) is 17.7. The van der Waals surface area contributed by atoms with Gasteiger partial charge in [-0.15, -0.1) is 0 Å². The molecule has 1 saturated heterocycles. The van der Waals surface area contributed by atoms with E-state index in [-0.39, 0.29) is 5.60 Å². The van der Waals surface area contributed by atoms with Crippen molar-refractivity contribution in [3.8, 4) is 11.5 Å². The van der Waals surface area contributed by atoms with E-state index in [2.05, 4.69) is 22.2 Å². The molecule has 1 unspecified atom stereocenters. The SMILES string of the molecule is CC(C)(C)OC=O.c1ccc(COc2ccccc2OCC2CCCNC2)cc1. The Morgan fingerprint density at radius 1 is 1.00 bits per heavy atom. The first-order chi connectivity index (χ1) is 14.0.